The number of H-pyrrole nitrogens is 1. The van der Waals surface area contributed by atoms with Crippen molar-refractivity contribution in [1.82, 2.24) is 4.98 Å². The van der Waals surface area contributed by atoms with Gasteiger partial charge in [-0.15, -0.1) is 0 Å². The van der Waals surface area contributed by atoms with Crippen molar-refractivity contribution in [3.63, 3.8) is 0 Å². The van der Waals surface area contributed by atoms with E-state index in [2.05, 4.69) is 4.98 Å². The van der Waals surface area contributed by atoms with Crippen molar-refractivity contribution >= 4 is 17.4 Å². The van der Waals surface area contributed by atoms with Crippen LogP contribution in [-0.4, -0.2) is 4.98 Å². The molecule has 0 radical (unpaired) electrons. The number of benzene rings is 1. The number of aromatic nitrogens is 1. The first-order chi connectivity index (χ1) is 10.7. The van der Waals surface area contributed by atoms with E-state index in [1.165, 1.54) is 0 Å². The summed E-state index contributed by atoms with van der Waals surface area (Å²) in [7, 11) is 0. The molecular formula is C17H15ClN4O. The summed E-state index contributed by atoms with van der Waals surface area (Å²) in [5.41, 5.74) is 6.38. The van der Waals surface area contributed by atoms with Crippen LogP contribution in [0.5, 0.6) is 0 Å². The third-order valence-electron chi connectivity index (χ3n) is 3.57. The van der Waals surface area contributed by atoms with Crippen LogP contribution in [0.3, 0.4) is 0 Å². The van der Waals surface area contributed by atoms with Gasteiger partial charge in [0.15, 0.2) is 0 Å². The lowest BCUT2D eigenvalue weighted by Crippen LogP contribution is -2.17. The molecule has 0 saturated carbocycles. The number of rotatable bonds is 1. The van der Waals surface area contributed by atoms with Gasteiger partial charge in [0.2, 0.25) is 0 Å². The summed E-state index contributed by atoms with van der Waals surface area (Å²) in [6, 6.07) is 9.14. The molecule has 0 aliphatic rings. The summed E-state index contributed by atoms with van der Waals surface area (Å²) in [4.78, 5) is 14.3. The van der Waals surface area contributed by atoms with Gasteiger partial charge in [0, 0.05) is 16.1 Å². The van der Waals surface area contributed by atoms with E-state index in [1.807, 2.05) is 39.0 Å². The van der Waals surface area contributed by atoms with Gasteiger partial charge in [-0.3, -0.25) is 4.79 Å². The second kappa shape index (κ2) is 5.79. The third kappa shape index (κ3) is 2.92. The van der Waals surface area contributed by atoms with Gasteiger partial charge in [-0.1, -0.05) is 38.4 Å². The maximum Gasteiger partial charge on any atom is 0.268 e. The molecule has 1 heterocycles. The molecular weight excluding hydrogens is 312 g/mol. The molecule has 0 bridgehead atoms. The first kappa shape index (κ1) is 16.6. The molecule has 6 heteroatoms. The molecule has 0 amide bonds. The fraction of sp³-hybridized carbons (Fsp3) is 0.235. The Morgan fingerprint density at radius 1 is 1.17 bits per heavy atom. The molecule has 3 N–H and O–H groups in total. The van der Waals surface area contributed by atoms with Gasteiger partial charge in [0.05, 0.1) is 0 Å². The van der Waals surface area contributed by atoms with Crippen molar-refractivity contribution < 1.29 is 0 Å². The molecule has 0 atom stereocenters. The molecule has 1 aromatic heterocycles. The van der Waals surface area contributed by atoms with Crippen LogP contribution in [0, 0.1) is 22.7 Å². The second-order valence-electron chi connectivity index (χ2n) is 6.16. The summed E-state index contributed by atoms with van der Waals surface area (Å²) < 4.78 is 0. The van der Waals surface area contributed by atoms with Gasteiger partial charge in [0.25, 0.3) is 5.56 Å². The summed E-state index contributed by atoms with van der Waals surface area (Å²) in [6.45, 7) is 6.09. The van der Waals surface area contributed by atoms with Gasteiger partial charge < -0.3 is 10.7 Å². The van der Waals surface area contributed by atoms with E-state index in [-0.39, 0.29) is 27.9 Å². The van der Waals surface area contributed by atoms with Crippen molar-refractivity contribution in [3.8, 4) is 23.3 Å². The first-order valence-electron chi connectivity index (χ1n) is 6.87. The van der Waals surface area contributed by atoms with Crippen LogP contribution < -0.4 is 11.3 Å². The van der Waals surface area contributed by atoms with Gasteiger partial charge in [-0.05, 0) is 23.1 Å². The number of pyridine rings is 1. The van der Waals surface area contributed by atoms with Crippen LogP contribution in [0.4, 0.5) is 5.82 Å². The Bertz CT molecular complexity index is 924. The van der Waals surface area contributed by atoms with Gasteiger partial charge in [0.1, 0.15) is 29.1 Å². The summed E-state index contributed by atoms with van der Waals surface area (Å²) in [6.07, 6.45) is 0. The molecule has 2 rings (SSSR count). The van der Waals surface area contributed by atoms with E-state index >= 15 is 0 Å². The van der Waals surface area contributed by atoms with Crippen molar-refractivity contribution in [2.75, 3.05) is 5.73 Å². The maximum atomic E-state index is 12.0. The summed E-state index contributed by atoms with van der Waals surface area (Å²) >= 11 is 6.27. The molecule has 0 saturated heterocycles. The predicted molar refractivity (Wildman–Crippen MR) is 90.1 cm³/mol. The Balaban J connectivity index is 2.96. The zero-order valence-corrected chi connectivity index (χ0v) is 13.7. The normalized spacial score (nSPS) is 10.9. The molecule has 1 aromatic carbocycles. The number of anilines is 1. The van der Waals surface area contributed by atoms with Gasteiger partial charge in [-0.25, -0.2) is 0 Å². The fourth-order valence-electron chi connectivity index (χ4n) is 2.30. The fourth-order valence-corrected chi connectivity index (χ4v) is 2.51. The van der Waals surface area contributed by atoms with E-state index < -0.39 is 5.56 Å². The number of hydrogen-bond acceptors (Lipinski definition) is 4. The van der Waals surface area contributed by atoms with Gasteiger partial charge >= 0.3 is 0 Å². The van der Waals surface area contributed by atoms with Crippen LogP contribution in [0.1, 0.15) is 37.5 Å². The number of aromatic amines is 1. The molecule has 23 heavy (non-hydrogen) atoms. The minimum Gasteiger partial charge on any atom is -0.384 e. The standard InChI is InChI=1S/C17H15ClN4O/c1-17(2,3)9-4-5-13(18)10(6-9)14-11(7-19)15(21)22-16(23)12(14)8-20/h4-6H,1-3H3,(H3,21,22,23). The largest absolute Gasteiger partial charge is 0.384 e. The molecule has 2 aromatic rings. The summed E-state index contributed by atoms with van der Waals surface area (Å²) in [5, 5.41) is 19.1. The highest BCUT2D eigenvalue weighted by Crippen LogP contribution is 2.36. The maximum absolute atomic E-state index is 12.0. The van der Waals surface area contributed by atoms with E-state index in [4.69, 9.17) is 17.3 Å². The lowest BCUT2D eigenvalue weighted by molar-refractivity contribution is 0.590. The minimum absolute atomic E-state index is 0.0362. The van der Waals surface area contributed by atoms with Crippen molar-refractivity contribution in [2.45, 2.75) is 26.2 Å². The highest BCUT2D eigenvalue weighted by Gasteiger charge is 2.22. The third-order valence-corrected chi connectivity index (χ3v) is 3.90. The highest BCUT2D eigenvalue weighted by molar-refractivity contribution is 6.33. The Morgan fingerprint density at radius 2 is 1.78 bits per heavy atom. The zero-order chi connectivity index (χ0) is 17.4. The molecule has 0 fully saturated rings. The number of nitrogens with two attached hydrogens (primary N) is 1. The van der Waals surface area contributed by atoms with Gasteiger partial charge in [-0.2, -0.15) is 10.5 Å². The van der Waals surface area contributed by atoms with Crippen molar-refractivity contribution in [2.24, 2.45) is 0 Å². The zero-order valence-electron chi connectivity index (χ0n) is 13.0. The van der Waals surface area contributed by atoms with Crippen LogP contribution >= 0.6 is 11.6 Å². The Labute approximate surface area is 138 Å². The van der Waals surface area contributed by atoms with Crippen molar-refractivity contribution in [1.29, 1.82) is 10.5 Å². The number of nitrogens with zero attached hydrogens (tertiary/aromatic N) is 2. The van der Waals surface area contributed by atoms with E-state index in [0.717, 1.165) is 5.56 Å². The number of nitrogens with one attached hydrogen (secondary N) is 1. The van der Waals surface area contributed by atoms with Crippen LogP contribution in [0.25, 0.3) is 11.1 Å². The highest BCUT2D eigenvalue weighted by atomic mass is 35.5. The molecule has 116 valence electrons. The first-order valence-corrected chi connectivity index (χ1v) is 7.24. The lowest BCUT2D eigenvalue weighted by atomic mass is 9.84. The number of nitriles is 2. The van der Waals surface area contributed by atoms with E-state index in [0.29, 0.717) is 10.6 Å². The number of halogens is 1. The molecule has 0 aliphatic carbocycles. The molecule has 0 spiro atoms. The van der Waals surface area contributed by atoms with Crippen LogP contribution in [0.2, 0.25) is 5.02 Å². The Kier molecular flexibility index (Phi) is 4.18. The number of nitrogen functional groups attached to an aromatic ring is 1. The topological polar surface area (TPSA) is 106 Å². The average molecular weight is 327 g/mol. The smallest absolute Gasteiger partial charge is 0.268 e. The molecule has 0 aliphatic heterocycles. The lowest BCUT2D eigenvalue weighted by Gasteiger charge is -2.21. The average Bonchev–Trinajstić information content (AvgIpc) is 2.46. The van der Waals surface area contributed by atoms with Crippen LogP contribution in [-0.2, 0) is 5.41 Å². The predicted octanol–water partition coefficient (Wildman–Crippen LogP) is 3.32. The summed E-state index contributed by atoms with van der Waals surface area (Å²) in [5.74, 6) is -0.0799. The molecule has 5 nitrogen and oxygen atoms in total. The monoisotopic (exact) mass is 326 g/mol. The minimum atomic E-state index is -0.642. The SMILES string of the molecule is CC(C)(C)c1ccc(Cl)c(-c2c(C#N)c(N)[nH]c(=O)c2C#N)c1. The Hall–Kier alpha value is -2.76. The van der Waals surface area contributed by atoms with E-state index in [1.54, 1.807) is 12.1 Å². The second-order valence-corrected chi connectivity index (χ2v) is 6.57. The molecule has 0 unspecified atom stereocenters. The van der Waals surface area contributed by atoms with Crippen LogP contribution in [0.15, 0.2) is 23.0 Å². The number of hydrogen-bond donors (Lipinski definition) is 2. The Morgan fingerprint density at radius 3 is 2.30 bits per heavy atom. The van der Waals surface area contributed by atoms with E-state index in [9.17, 15) is 15.3 Å². The van der Waals surface area contributed by atoms with Crippen molar-refractivity contribution in [3.05, 3.63) is 50.3 Å². The quantitative estimate of drug-likeness (QED) is 0.838.